The normalized spacial score (nSPS) is 12.4. The zero-order valence-corrected chi connectivity index (χ0v) is 6.97. The van der Waals surface area contributed by atoms with Gasteiger partial charge in [-0.2, -0.15) is 0 Å². The molecule has 1 aromatic carbocycles. The lowest BCUT2D eigenvalue weighted by molar-refractivity contribution is -0.138. The van der Waals surface area contributed by atoms with Crippen molar-refractivity contribution in [3.63, 3.8) is 0 Å². The third-order valence-electron chi connectivity index (χ3n) is 1.71. The van der Waals surface area contributed by atoms with E-state index in [9.17, 15) is 4.79 Å². The van der Waals surface area contributed by atoms with E-state index in [-0.39, 0.29) is 15.0 Å². The average molecular weight is 183 g/mol. The quantitative estimate of drug-likeness (QED) is 0.639. The van der Waals surface area contributed by atoms with Crippen LogP contribution < -0.4 is 5.73 Å². The van der Waals surface area contributed by atoms with E-state index < -0.39 is 12.0 Å². The maximum absolute atomic E-state index is 10.4. The van der Waals surface area contributed by atoms with Crippen LogP contribution in [0, 0.1) is 0 Å². The van der Waals surface area contributed by atoms with E-state index in [1.807, 2.05) is 0 Å². The van der Waals surface area contributed by atoms with Crippen molar-refractivity contribution in [2.45, 2.75) is 12.5 Å². The van der Waals surface area contributed by atoms with Gasteiger partial charge in [-0.3, -0.25) is 4.79 Å². The molecule has 13 heavy (non-hydrogen) atoms. The van der Waals surface area contributed by atoms with Gasteiger partial charge in [0.15, 0.2) is 0 Å². The van der Waals surface area contributed by atoms with Gasteiger partial charge >= 0.3 is 8.82 Å². The van der Waals surface area contributed by atoms with Crippen molar-refractivity contribution in [2.75, 3.05) is 0 Å². The lowest BCUT2D eigenvalue weighted by atomic mass is 10.1. The molecule has 0 saturated heterocycles. The summed E-state index contributed by atoms with van der Waals surface area (Å²) in [7, 11) is 0. The second-order valence-electron chi connectivity index (χ2n) is 2.82. The highest BCUT2D eigenvalue weighted by atomic mass is 16.4. The lowest BCUT2D eigenvalue weighted by Crippen LogP contribution is -2.32. The number of aliphatic carboxylic acids is 1. The number of aromatic hydroxyl groups is 1. The summed E-state index contributed by atoms with van der Waals surface area (Å²) in [6.45, 7) is 0. The third kappa shape index (κ3) is 2.76. The smallest absolute Gasteiger partial charge is 0.508 e. The molecule has 4 nitrogen and oxygen atoms in total. The van der Waals surface area contributed by atoms with Crippen LogP contribution in [0.3, 0.4) is 0 Å². The number of nitrogens with two attached hydrogens (primary N) is 1. The van der Waals surface area contributed by atoms with Crippen LogP contribution in [0.2, 0.25) is 0 Å². The van der Waals surface area contributed by atoms with E-state index in [0.717, 1.165) is 5.56 Å². The molecule has 0 fully saturated rings. The molecule has 4 heteroatoms. The summed E-state index contributed by atoms with van der Waals surface area (Å²) in [4.78, 5) is 10.4. The number of phenolic OH excluding ortho intramolecular Hbond substituents is 1. The molecule has 0 radical (unpaired) electrons. The van der Waals surface area contributed by atoms with E-state index in [2.05, 4.69) is 0 Å². The fourth-order valence-corrected chi connectivity index (χ4v) is 0.973. The number of carboxylic acids is 1. The molecule has 0 heterocycles. The summed E-state index contributed by atoms with van der Waals surface area (Å²) in [6, 6.07) is 5.42. The average Bonchev–Trinajstić information content (AvgIpc) is 2.08. The van der Waals surface area contributed by atoms with Gasteiger partial charge in [-0.1, -0.05) is 12.1 Å². The van der Waals surface area contributed by atoms with Gasteiger partial charge in [-0.15, -0.1) is 0 Å². The second-order valence-corrected chi connectivity index (χ2v) is 2.82. The molecule has 0 bridgehead atoms. The summed E-state index contributed by atoms with van der Waals surface area (Å²) in [5, 5.41) is 17.5. The first-order chi connectivity index (χ1) is 6.09. The summed E-state index contributed by atoms with van der Waals surface area (Å²) in [6.07, 6.45) is 0.273. The van der Waals surface area contributed by atoms with Crippen LogP contribution in [0.4, 0.5) is 0 Å². The Kier molecular flexibility index (Phi) is 2.87. The topological polar surface area (TPSA) is 83.5 Å². The molecule has 70 valence electrons. The van der Waals surface area contributed by atoms with E-state index in [1.165, 1.54) is 12.1 Å². The van der Waals surface area contributed by atoms with Crippen LogP contribution in [-0.2, 0) is 11.2 Å². The Morgan fingerprint density at radius 2 is 2.00 bits per heavy atom. The largest absolute Gasteiger partial charge is 1.00 e. The molecule has 0 spiro atoms. The summed E-state index contributed by atoms with van der Waals surface area (Å²) in [5.41, 5.74) is 6.12. The molecule has 0 aliphatic rings. The van der Waals surface area contributed by atoms with Gasteiger partial charge < -0.3 is 15.9 Å². The van der Waals surface area contributed by atoms with E-state index >= 15 is 0 Å². The summed E-state index contributed by atoms with van der Waals surface area (Å²) >= 11 is 0. The molecule has 1 aromatic rings. The van der Waals surface area contributed by atoms with Crippen LogP contribution in [-0.4, -0.2) is 22.2 Å². The zero-order chi connectivity index (χ0) is 9.84. The molecule has 1 unspecified atom stereocenters. The number of phenols is 1. The van der Waals surface area contributed by atoms with Crippen molar-refractivity contribution in [1.82, 2.24) is 0 Å². The van der Waals surface area contributed by atoms with E-state index in [4.69, 9.17) is 15.9 Å². The number of benzene rings is 1. The number of carboxylic acid groups (broad SMARTS) is 1. The van der Waals surface area contributed by atoms with Crippen molar-refractivity contribution in [1.29, 1.82) is 0 Å². The van der Waals surface area contributed by atoms with Gasteiger partial charge in [-0.05, 0) is 24.1 Å². The van der Waals surface area contributed by atoms with Gasteiger partial charge in [0.25, 0.3) is 0 Å². The Balaban J connectivity index is 0. The monoisotopic (exact) mass is 183 g/mol. The van der Waals surface area contributed by atoms with Gasteiger partial charge in [-0.25, -0.2) is 0 Å². The molecule has 0 aliphatic heterocycles. The first-order valence-corrected chi connectivity index (χ1v) is 3.86. The molecular weight excluding hydrogens is 170 g/mol. The predicted octanol–water partition coefficient (Wildman–Crippen LogP) is 0.572. The summed E-state index contributed by atoms with van der Waals surface area (Å²) < 4.78 is 0. The van der Waals surface area contributed by atoms with Crippen molar-refractivity contribution in [3.8, 4) is 5.75 Å². The van der Waals surface area contributed by atoms with Crippen molar-refractivity contribution >= 4 is 5.97 Å². The van der Waals surface area contributed by atoms with Crippen molar-refractivity contribution in [2.24, 2.45) is 5.73 Å². The van der Waals surface area contributed by atoms with Gasteiger partial charge in [0, 0.05) is 0 Å². The second kappa shape index (κ2) is 3.91. The summed E-state index contributed by atoms with van der Waals surface area (Å²) in [5.74, 6) is -0.860. The van der Waals surface area contributed by atoms with Crippen LogP contribution in [0.5, 0.6) is 5.75 Å². The number of carbonyl (C=O) groups is 1. The third-order valence-corrected chi connectivity index (χ3v) is 1.71. The van der Waals surface area contributed by atoms with Gasteiger partial charge in [0.05, 0.1) is 0 Å². The maximum atomic E-state index is 10.4. The fraction of sp³-hybridized carbons (Fsp3) is 0.222. The van der Waals surface area contributed by atoms with Crippen molar-refractivity contribution in [3.05, 3.63) is 29.8 Å². The Labute approximate surface area is 78.6 Å². The Bertz CT molecular complexity index is 303. The lowest BCUT2D eigenvalue weighted by Gasteiger charge is -2.05. The fourth-order valence-electron chi connectivity index (χ4n) is 0.973. The van der Waals surface area contributed by atoms with Gasteiger partial charge in [0.1, 0.15) is 11.8 Å². The molecule has 1 rings (SSSR count). The molecule has 1 atom stereocenters. The Morgan fingerprint density at radius 3 is 2.46 bits per heavy atom. The first-order valence-electron chi connectivity index (χ1n) is 3.86. The molecule has 4 N–H and O–H groups in total. The SMILES string of the molecule is NC(Cc1ccc(O)cc1)C(=O)O.[H+].[H+]. The van der Waals surface area contributed by atoms with E-state index in [0.29, 0.717) is 0 Å². The van der Waals surface area contributed by atoms with Crippen molar-refractivity contribution < 1.29 is 17.9 Å². The first kappa shape index (κ1) is 9.54. The highest BCUT2D eigenvalue weighted by Gasteiger charge is 2.11. The molecule has 0 aliphatic carbocycles. The minimum Gasteiger partial charge on any atom is -0.508 e. The van der Waals surface area contributed by atoms with Crippen LogP contribution in [0.25, 0.3) is 0 Å². The Morgan fingerprint density at radius 1 is 1.46 bits per heavy atom. The maximum Gasteiger partial charge on any atom is 1.00 e. The molecule has 0 amide bonds. The standard InChI is InChI=1S/C9H11NO3/c10-8(9(12)13)5-6-1-3-7(11)4-2-6/h1-4,8,11H,5,10H2,(H,12,13)/p+2. The highest BCUT2D eigenvalue weighted by Crippen LogP contribution is 2.10. The minimum absolute atomic E-state index is 0. The number of hydrogen-bond donors (Lipinski definition) is 3. The predicted molar refractivity (Wildman–Crippen MR) is 49.6 cm³/mol. The Hall–Kier alpha value is -1.55. The number of rotatable bonds is 3. The van der Waals surface area contributed by atoms with Crippen LogP contribution >= 0.6 is 0 Å². The molecule has 0 aromatic heterocycles. The van der Waals surface area contributed by atoms with Crippen LogP contribution in [0.1, 0.15) is 8.42 Å². The van der Waals surface area contributed by atoms with Crippen LogP contribution in [0.15, 0.2) is 24.3 Å². The van der Waals surface area contributed by atoms with E-state index in [1.54, 1.807) is 12.1 Å². The van der Waals surface area contributed by atoms with Gasteiger partial charge in [0.2, 0.25) is 0 Å². The number of hydrogen-bond acceptors (Lipinski definition) is 3. The zero-order valence-electron chi connectivity index (χ0n) is 8.97. The minimum atomic E-state index is -1.02. The molecule has 0 saturated carbocycles. The highest BCUT2D eigenvalue weighted by molar-refractivity contribution is 5.73. The molecular formula is C9H13NO3+2.